The first kappa shape index (κ1) is 16.5. The number of methoxy groups -OCH3 is 1. The number of amides is 2. The SMILES string of the molecule is CO[C@]1(C)C[C@@H](NC(=O)[C@H](C)NC(=O)c2ccco2)C1(C)C. The summed E-state index contributed by atoms with van der Waals surface area (Å²) in [6.45, 7) is 7.82. The van der Waals surface area contributed by atoms with E-state index in [4.69, 9.17) is 9.15 Å². The number of rotatable bonds is 5. The Labute approximate surface area is 130 Å². The van der Waals surface area contributed by atoms with Crippen LogP contribution in [0.15, 0.2) is 22.8 Å². The number of nitrogens with one attached hydrogen (secondary N) is 2. The maximum absolute atomic E-state index is 12.2. The van der Waals surface area contributed by atoms with Crippen LogP contribution in [0.25, 0.3) is 0 Å². The summed E-state index contributed by atoms with van der Waals surface area (Å²) in [5, 5.41) is 5.60. The number of ether oxygens (including phenoxy) is 1. The fraction of sp³-hybridized carbons (Fsp3) is 0.625. The molecule has 0 spiro atoms. The maximum Gasteiger partial charge on any atom is 0.287 e. The van der Waals surface area contributed by atoms with Crippen molar-refractivity contribution < 1.29 is 18.7 Å². The summed E-state index contributed by atoms with van der Waals surface area (Å²) < 4.78 is 10.5. The minimum atomic E-state index is -0.636. The van der Waals surface area contributed by atoms with Gasteiger partial charge in [-0.05, 0) is 32.4 Å². The van der Waals surface area contributed by atoms with Crippen molar-refractivity contribution in [2.45, 2.75) is 51.8 Å². The molecule has 1 aliphatic rings. The van der Waals surface area contributed by atoms with Gasteiger partial charge in [0.2, 0.25) is 5.91 Å². The zero-order valence-corrected chi connectivity index (χ0v) is 13.7. The lowest BCUT2D eigenvalue weighted by Gasteiger charge is -2.59. The normalized spacial score (nSPS) is 27.6. The highest BCUT2D eigenvalue weighted by Crippen LogP contribution is 2.51. The smallest absolute Gasteiger partial charge is 0.287 e. The van der Waals surface area contributed by atoms with E-state index in [9.17, 15) is 9.59 Å². The molecule has 0 aromatic carbocycles. The maximum atomic E-state index is 12.2. The van der Waals surface area contributed by atoms with Crippen LogP contribution in [0.5, 0.6) is 0 Å². The van der Waals surface area contributed by atoms with Gasteiger partial charge in [-0.3, -0.25) is 9.59 Å². The monoisotopic (exact) mass is 308 g/mol. The van der Waals surface area contributed by atoms with E-state index >= 15 is 0 Å². The number of hydrogen-bond acceptors (Lipinski definition) is 4. The standard InChI is InChI=1S/C16H24N2O4/c1-10(17-14(20)11-7-6-8-22-11)13(19)18-12-9-16(4,21-5)15(12,2)3/h6-8,10,12H,9H2,1-5H3,(H,17,20)(H,18,19)/t10-,12+,16+/m0/s1. The summed E-state index contributed by atoms with van der Waals surface area (Å²) >= 11 is 0. The number of carbonyl (C=O) groups is 2. The molecule has 1 fully saturated rings. The lowest BCUT2D eigenvalue weighted by atomic mass is 9.56. The summed E-state index contributed by atoms with van der Waals surface area (Å²) in [7, 11) is 1.69. The van der Waals surface area contributed by atoms with Crippen molar-refractivity contribution >= 4 is 11.8 Å². The van der Waals surface area contributed by atoms with Crippen LogP contribution in [-0.4, -0.2) is 36.6 Å². The van der Waals surface area contributed by atoms with Gasteiger partial charge in [0.05, 0.1) is 11.9 Å². The fourth-order valence-corrected chi connectivity index (χ4v) is 2.76. The zero-order chi connectivity index (χ0) is 16.5. The first-order valence-corrected chi connectivity index (χ1v) is 7.41. The van der Waals surface area contributed by atoms with Crippen molar-refractivity contribution in [3.63, 3.8) is 0 Å². The van der Waals surface area contributed by atoms with E-state index in [0.29, 0.717) is 0 Å². The summed E-state index contributed by atoms with van der Waals surface area (Å²) in [6, 6.07) is 2.57. The predicted octanol–water partition coefficient (Wildman–Crippen LogP) is 1.72. The molecule has 1 aromatic heterocycles. The van der Waals surface area contributed by atoms with Crippen molar-refractivity contribution in [1.82, 2.24) is 10.6 Å². The molecule has 2 amide bonds. The molecule has 2 N–H and O–H groups in total. The van der Waals surface area contributed by atoms with E-state index in [2.05, 4.69) is 24.5 Å². The van der Waals surface area contributed by atoms with Gasteiger partial charge in [-0.25, -0.2) is 0 Å². The van der Waals surface area contributed by atoms with Gasteiger partial charge in [-0.1, -0.05) is 13.8 Å². The average molecular weight is 308 g/mol. The largest absolute Gasteiger partial charge is 0.459 e. The molecule has 22 heavy (non-hydrogen) atoms. The van der Waals surface area contributed by atoms with Gasteiger partial charge in [0.15, 0.2) is 5.76 Å². The highest BCUT2D eigenvalue weighted by molar-refractivity contribution is 5.95. The zero-order valence-electron chi connectivity index (χ0n) is 13.7. The van der Waals surface area contributed by atoms with Gasteiger partial charge in [-0.15, -0.1) is 0 Å². The van der Waals surface area contributed by atoms with Gasteiger partial charge < -0.3 is 19.8 Å². The van der Waals surface area contributed by atoms with Gasteiger partial charge in [0, 0.05) is 18.6 Å². The molecule has 6 nitrogen and oxygen atoms in total. The second kappa shape index (κ2) is 5.76. The molecule has 3 atom stereocenters. The van der Waals surface area contributed by atoms with Crippen molar-refractivity contribution in [3.05, 3.63) is 24.2 Å². The van der Waals surface area contributed by atoms with Crippen LogP contribution in [-0.2, 0) is 9.53 Å². The Kier molecular flexibility index (Phi) is 4.33. The van der Waals surface area contributed by atoms with Gasteiger partial charge in [-0.2, -0.15) is 0 Å². The predicted molar refractivity (Wildman–Crippen MR) is 81.4 cm³/mol. The van der Waals surface area contributed by atoms with Crippen LogP contribution in [0.2, 0.25) is 0 Å². The van der Waals surface area contributed by atoms with Crippen LogP contribution in [0.1, 0.15) is 44.7 Å². The molecule has 0 bridgehead atoms. The van der Waals surface area contributed by atoms with Crippen molar-refractivity contribution in [2.75, 3.05) is 7.11 Å². The number of furan rings is 1. The molecule has 6 heteroatoms. The fourth-order valence-electron chi connectivity index (χ4n) is 2.76. The lowest BCUT2D eigenvalue weighted by Crippen LogP contribution is -2.69. The summed E-state index contributed by atoms with van der Waals surface area (Å²) in [5.74, 6) is -0.422. The average Bonchev–Trinajstić information content (AvgIpc) is 3.00. The second-order valence-corrected chi connectivity index (χ2v) is 6.59. The summed E-state index contributed by atoms with van der Waals surface area (Å²) in [4.78, 5) is 24.1. The van der Waals surface area contributed by atoms with E-state index in [-0.39, 0.29) is 28.7 Å². The third-order valence-corrected chi connectivity index (χ3v) is 5.08. The van der Waals surface area contributed by atoms with Crippen molar-refractivity contribution in [3.8, 4) is 0 Å². The Hall–Kier alpha value is -1.82. The van der Waals surface area contributed by atoms with Crippen LogP contribution >= 0.6 is 0 Å². The van der Waals surface area contributed by atoms with Gasteiger partial charge in [0.1, 0.15) is 6.04 Å². The topological polar surface area (TPSA) is 80.6 Å². The van der Waals surface area contributed by atoms with E-state index < -0.39 is 11.9 Å². The molecule has 2 rings (SSSR count). The lowest BCUT2D eigenvalue weighted by molar-refractivity contribution is -0.182. The third-order valence-electron chi connectivity index (χ3n) is 5.08. The van der Waals surface area contributed by atoms with Crippen LogP contribution in [0, 0.1) is 5.41 Å². The van der Waals surface area contributed by atoms with E-state index in [0.717, 1.165) is 6.42 Å². The summed E-state index contributed by atoms with van der Waals surface area (Å²) in [5.41, 5.74) is -0.409. The molecular formula is C16H24N2O4. The molecule has 1 aliphatic carbocycles. The molecule has 0 radical (unpaired) electrons. The molecule has 1 heterocycles. The van der Waals surface area contributed by atoms with Crippen molar-refractivity contribution in [1.29, 1.82) is 0 Å². The molecule has 1 saturated carbocycles. The van der Waals surface area contributed by atoms with Gasteiger partial charge >= 0.3 is 0 Å². The quantitative estimate of drug-likeness (QED) is 0.868. The first-order valence-electron chi connectivity index (χ1n) is 7.41. The van der Waals surface area contributed by atoms with E-state index in [1.54, 1.807) is 26.2 Å². The van der Waals surface area contributed by atoms with Crippen LogP contribution in [0.3, 0.4) is 0 Å². The Balaban J connectivity index is 1.89. The Morgan fingerprint density at radius 1 is 1.41 bits per heavy atom. The molecule has 0 unspecified atom stereocenters. The van der Waals surface area contributed by atoms with E-state index in [1.165, 1.54) is 6.26 Å². The molecule has 0 aliphatic heterocycles. The Morgan fingerprint density at radius 3 is 2.59 bits per heavy atom. The van der Waals surface area contributed by atoms with Crippen LogP contribution in [0.4, 0.5) is 0 Å². The minimum absolute atomic E-state index is 0.0212. The molecular weight excluding hydrogens is 284 g/mol. The highest BCUT2D eigenvalue weighted by atomic mass is 16.5. The first-order chi connectivity index (χ1) is 10.2. The number of carbonyl (C=O) groups excluding carboxylic acids is 2. The second-order valence-electron chi connectivity index (χ2n) is 6.59. The summed E-state index contributed by atoms with van der Waals surface area (Å²) in [6.07, 6.45) is 2.17. The molecule has 0 saturated heterocycles. The van der Waals surface area contributed by atoms with E-state index in [1.807, 2.05) is 6.92 Å². The Bertz CT molecular complexity index is 553. The van der Waals surface area contributed by atoms with Gasteiger partial charge in [0.25, 0.3) is 5.91 Å². The highest BCUT2D eigenvalue weighted by Gasteiger charge is 2.58. The Morgan fingerprint density at radius 2 is 2.09 bits per heavy atom. The molecule has 122 valence electrons. The number of hydrogen-bond donors (Lipinski definition) is 2. The van der Waals surface area contributed by atoms with Crippen LogP contribution < -0.4 is 10.6 Å². The minimum Gasteiger partial charge on any atom is -0.459 e. The third kappa shape index (κ3) is 2.75. The van der Waals surface area contributed by atoms with Crippen molar-refractivity contribution in [2.24, 2.45) is 5.41 Å². The molecule has 1 aromatic rings.